The molecule has 0 aliphatic carbocycles. The Bertz CT molecular complexity index is 543. The van der Waals surface area contributed by atoms with Crippen molar-refractivity contribution < 1.29 is 0 Å². The minimum absolute atomic E-state index is 0.230. The van der Waals surface area contributed by atoms with E-state index in [-0.39, 0.29) is 5.69 Å². The van der Waals surface area contributed by atoms with Gasteiger partial charge in [0.05, 0.1) is 0 Å². The fourth-order valence-corrected chi connectivity index (χ4v) is 1.49. The van der Waals surface area contributed by atoms with E-state index in [1.807, 2.05) is 25.1 Å². The van der Waals surface area contributed by atoms with E-state index in [1.54, 1.807) is 19.4 Å². The Labute approximate surface area is 88.0 Å². The molecule has 0 N–H and O–H groups in total. The van der Waals surface area contributed by atoms with Crippen molar-refractivity contribution in [3.05, 3.63) is 52.7 Å². The molecule has 1 heterocycles. The predicted octanol–water partition coefficient (Wildman–Crippen LogP) is 1.76. The summed E-state index contributed by atoms with van der Waals surface area (Å²) in [5, 5.41) is 0. The van der Waals surface area contributed by atoms with Gasteiger partial charge in [0.15, 0.2) is 0 Å². The smallest absolute Gasteiger partial charge is 0.302 e. The Morgan fingerprint density at radius 3 is 2.73 bits per heavy atom. The van der Waals surface area contributed by atoms with Crippen LogP contribution < -0.4 is 5.69 Å². The maximum absolute atomic E-state index is 11.1. The van der Waals surface area contributed by atoms with Gasteiger partial charge in [0, 0.05) is 25.0 Å². The van der Waals surface area contributed by atoms with Gasteiger partial charge in [0.25, 0.3) is 0 Å². The molecule has 2 rings (SSSR count). The molecule has 0 saturated carbocycles. The Kier molecular flexibility index (Phi) is 2.37. The SMILES string of the molecule is Cc1cccc(-c2cnc(=O)n(C)c2)c1. The van der Waals surface area contributed by atoms with Gasteiger partial charge in [-0.1, -0.05) is 29.8 Å². The number of hydrogen-bond acceptors (Lipinski definition) is 2. The fraction of sp³-hybridized carbons (Fsp3) is 0.167. The van der Waals surface area contributed by atoms with Crippen molar-refractivity contribution >= 4 is 0 Å². The normalized spacial score (nSPS) is 10.3. The zero-order valence-corrected chi connectivity index (χ0v) is 8.77. The molecule has 2 aromatic rings. The Balaban J connectivity index is 2.55. The van der Waals surface area contributed by atoms with Crippen LogP contribution in [0, 0.1) is 6.92 Å². The van der Waals surface area contributed by atoms with Crippen LogP contribution in [0.25, 0.3) is 11.1 Å². The van der Waals surface area contributed by atoms with Gasteiger partial charge in [-0.2, -0.15) is 0 Å². The van der Waals surface area contributed by atoms with E-state index >= 15 is 0 Å². The highest BCUT2D eigenvalue weighted by Crippen LogP contribution is 2.17. The van der Waals surface area contributed by atoms with Crippen molar-refractivity contribution in [3.63, 3.8) is 0 Å². The van der Waals surface area contributed by atoms with Crippen molar-refractivity contribution in [2.75, 3.05) is 0 Å². The summed E-state index contributed by atoms with van der Waals surface area (Å²) in [6, 6.07) is 8.12. The zero-order valence-electron chi connectivity index (χ0n) is 8.77. The first-order chi connectivity index (χ1) is 7.16. The largest absolute Gasteiger partial charge is 0.347 e. The molecule has 0 aliphatic rings. The van der Waals surface area contributed by atoms with Gasteiger partial charge >= 0.3 is 5.69 Å². The summed E-state index contributed by atoms with van der Waals surface area (Å²) < 4.78 is 1.48. The quantitative estimate of drug-likeness (QED) is 0.703. The van der Waals surface area contributed by atoms with Gasteiger partial charge in [-0.3, -0.25) is 0 Å². The lowest BCUT2D eigenvalue weighted by molar-refractivity contribution is 0.812. The van der Waals surface area contributed by atoms with Crippen LogP contribution in [0.4, 0.5) is 0 Å². The van der Waals surface area contributed by atoms with Crippen molar-refractivity contribution in [1.82, 2.24) is 9.55 Å². The van der Waals surface area contributed by atoms with Crippen molar-refractivity contribution in [2.24, 2.45) is 7.05 Å². The molecule has 1 aromatic heterocycles. The topological polar surface area (TPSA) is 34.9 Å². The number of hydrogen-bond donors (Lipinski definition) is 0. The molecule has 0 radical (unpaired) electrons. The third kappa shape index (κ3) is 1.96. The molecular formula is C12H12N2O. The Morgan fingerprint density at radius 2 is 2.07 bits per heavy atom. The fourth-order valence-electron chi connectivity index (χ4n) is 1.49. The van der Waals surface area contributed by atoms with Crippen molar-refractivity contribution in [1.29, 1.82) is 0 Å². The molecule has 0 bridgehead atoms. The molecule has 0 spiro atoms. The van der Waals surface area contributed by atoms with Crippen LogP contribution in [0.15, 0.2) is 41.5 Å². The zero-order chi connectivity index (χ0) is 10.8. The minimum Gasteiger partial charge on any atom is -0.302 e. The molecule has 1 aromatic carbocycles. The summed E-state index contributed by atoms with van der Waals surface area (Å²) in [5.74, 6) is 0. The number of rotatable bonds is 1. The first-order valence-electron chi connectivity index (χ1n) is 4.76. The monoisotopic (exact) mass is 200 g/mol. The summed E-state index contributed by atoms with van der Waals surface area (Å²) >= 11 is 0. The molecule has 0 saturated heterocycles. The third-order valence-electron chi connectivity index (χ3n) is 2.30. The summed E-state index contributed by atoms with van der Waals surface area (Å²) in [4.78, 5) is 14.9. The summed E-state index contributed by atoms with van der Waals surface area (Å²) in [7, 11) is 1.70. The highest BCUT2D eigenvalue weighted by molar-refractivity contribution is 5.62. The second kappa shape index (κ2) is 3.69. The summed E-state index contributed by atoms with van der Waals surface area (Å²) in [5.41, 5.74) is 3.01. The summed E-state index contributed by atoms with van der Waals surface area (Å²) in [6.07, 6.45) is 3.40. The minimum atomic E-state index is -0.230. The summed E-state index contributed by atoms with van der Waals surface area (Å²) in [6.45, 7) is 2.04. The van der Waals surface area contributed by atoms with Gasteiger partial charge in [0.1, 0.15) is 0 Å². The van der Waals surface area contributed by atoms with Gasteiger partial charge in [-0.25, -0.2) is 9.78 Å². The molecular weight excluding hydrogens is 188 g/mol. The number of benzene rings is 1. The molecule has 0 aliphatic heterocycles. The first-order valence-corrected chi connectivity index (χ1v) is 4.76. The van der Waals surface area contributed by atoms with E-state index in [0.717, 1.165) is 11.1 Å². The average molecular weight is 200 g/mol. The number of aryl methyl sites for hydroxylation is 2. The van der Waals surface area contributed by atoms with Gasteiger partial charge in [-0.15, -0.1) is 0 Å². The van der Waals surface area contributed by atoms with Crippen LogP contribution in [0.1, 0.15) is 5.56 Å². The van der Waals surface area contributed by atoms with Crippen molar-refractivity contribution in [3.8, 4) is 11.1 Å². The number of nitrogens with zero attached hydrogens (tertiary/aromatic N) is 2. The molecule has 0 amide bonds. The standard InChI is InChI=1S/C12H12N2O/c1-9-4-3-5-10(6-9)11-7-13-12(15)14(2)8-11/h3-8H,1-2H3. The lowest BCUT2D eigenvalue weighted by Gasteiger charge is -2.03. The maximum atomic E-state index is 11.1. The Hall–Kier alpha value is -1.90. The molecule has 3 heteroatoms. The second-order valence-electron chi connectivity index (χ2n) is 3.61. The van der Waals surface area contributed by atoms with Crippen LogP contribution >= 0.6 is 0 Å². The van der Waals surface area contributed by atoms with Gasteiger partial charge < -0.3 is 4.57 Å². The van der Waals surface area contributed by atoms with Gasteiger partial charge in [0.2, 0.25) is 0 Å². The van der Waals surface area contributed by atoms with Crippen molar-refractivity contribution in [2.45, 2.75) is 6.92 Å². The lowest BCUT2D eigenvalue weighted by atomic mass is 10.1. The average Bonchev–Trinajstić information content (AvgIpc) is 2.22. The van der Waals surface area contributed by atoms with Crippen LogP contribution in [0.5, 0.6) is 0 Å². The molecule has 15 heavy (non-hydrogen) atoms. The molecule has 76 valence electrons. The number of aromatic nitrogens is 2. The molecule has 0 atom stereocenters. The van der Waals surface area contributed by atoms with Crippen LogP contribution in [-0.4, -0.2) is 9.55 Å². The lowest BCUT2D eigenvalue weighted by Crippen LogP contribution is -2.18. The van der Waals surface area contributed by atoms with Crippen LogP contribution in [0.2, 0.25) is 0 Å². The molecule has 3 nitrogen and oxygen atoms in total. The van der Waals surface area contributed by atoms with E-state index < -0.39 is 0 Å². The van der Waals surface area contributed by atoms with E-state index in [2.05, 4.69) is 11.1 Å². The van der Waals surface area contributed by atoms with E-state index in [1.165, 1.54) is 10.1 Å². The van der Waals surface area contributed by atoms with E-state index in [0.29, 0.717) is 0 Å². The van der Waals surface area contributed by atoms with E-state index in [4.69, 9.17) is 0 Å². The maximum Gasteiger partial charge on any atom is 0.347 e. The van der Waals surface area contributed by atoms with E-state index in [9.17, 15) is 4.79 Å². The highest BCUT2D eigenvalue weighted by atomic mass is 16.1. The Morgan fingerprint density at radius 1 is 1.27 bits per heavy atom. The molecule has 0 fully saturated rings. The highest BCUT2D eigenvalue weighted by Gasteiger charge is 1.99. The first kappa shape index (κ1) is 9.65. The van der Waals surface area contributed by atoms with Gasteiger partial charge in [-0.05, 0) is 12.5 Å². The third-order valence-corrected chi connectivity index (χ3v) is 2.30. The predicted molar refractivity (Wildman–Crippen MR) is 59.7 cm³/mol. The van der Waals surface area contributed by atoms with Crippen LogP contribution in [-0.2, 0) is 7.05 Å². The second-order valence-corrected chi connectivity index (χ2v) is 3.61. The van der Waals surface area contributed by atoms with Crippen LogP contribution in [0.3, 0.4) is 0 Å². The molecule has 0 unspecified atom stereocenters.